The summed E-state index contributed by atoms with van der Waals surface area (Å²) >= 11 is 0. The SMILES string of the molecule is CCNc1cc(N(CCC#N)CCOC)nc(N)n1. The number of aromatic nitrogens is 2. The fourth-order valence-electron chi connectivity index (χ4n) is 1.61. The van der Waals surface area contributed by atoms with E-state index in [-0.39, 0.29) is 5.95 Å². The Morgan fingerprint density at radius 3 is 2.89 bits per heavy atom. The van der Waals surface area contributed by atoms with Gasteiger partial charge in [0.25, 0.3) is 0 Å². The van der Waals surface area contributed by atoms with Crippen LogP contribution in [0.1, 0.15) is 13.3 Å². The number of nitriles is 1. The molecule has 19 heavy (non-hydrogen) atoms. The van der Waals surface area contributed by atoms with Crippen LogP contribution in [0.5, 0.6) is 0 Å². The predicted octanol–water partition coefficient (Wildman–Crippen LogP) is 0.857. The second-order valence-corrected chi connectivity index (χ2v) is 3.89. The van der Waals surface area contributed by atoms with E-state index in [0.717, 1.165) is 6.54 Å². The summed E-state index contributed by atoms with van der Waals surface area (Å²) in [6.45, 7) is 4.54. The molecule has 0 aliphatic carbocycles. The zero-order chi connectivity index (χ0) is 14.1. The summed E-state index contributed by atoms with van der Waals surface area (Å²) in [7, 11) is 1.64. The minimum Gasteiger partial charge on any atom is -0.383 e. The van der Waals surface area contributed by atoms with E-state index in [1.807, 2.05) is 17.9 Å². The summed E-state index contributed by atoms with van der Waals surface area (Å²) in [5.41, 5.74) is 5.70. The summed E-state index contributed by atoms with van der Waals surface area (Å²) in [4.78, 5) is 10.3. The third-order valence-electron chi connectivity index (χ3n) is 2.47. The summed E-state index contributed by atoms with van der Waals surface area (Å²) in [6.07, 6.45) is 0.421. The van der Waals surface area contributed by atoms with Crippen LogP contribution in [0.4, 0.5) is 17.6 Å². The van der Waals surface area contributed by atoms with Crippen molar-refractivity contribution in [2.45, 2.75) is 13.3 Å². The normalized spacial score (nSPS) is 9.95. The van der Waals surface area contributed by atoms with Crippen molar-refractivity contribution in [1.29, 1.82) is 5.26 Å². The van der Waals surface area contributed by atoms with Crippen molar-refractivity contribution < 1.29 is 4.74 Å². The molecule has 104 valence electrons. The maximum absolute atomic E-state index is 8.70. The second kappa shape index (κ2) is 8.11. The summed E-state index contributed by atoms with van der Waals surface area (Å²) < 4.78 is 5.07. The molecule has 0 aliphatic heterocycles. The number of nitrogens with one attached hydrogen (secondary N) is 1. The molecule has 0 fully saturated rings. The zero-order valence-electron chi connectivity index (χ0n) is 11.4. The van der Waals surface area contributed by atoms with E-state index in [1.54, 1.807) is 7.11 Å². The van der Waals surface area contributed by atoms with E-state index in [9.17, 15) is 0 Å². The van der Waals surface area contributed by atoms with Gasteiger partial charge in [-0.05, 0) is 6.92 Å². The number of methoxy groups -OCH3 is 1. The Morgan fingerprint density at radius 1 is 1.47 bits per heavy atom. The van der Waals surface area contributed by atoms with Crippen LogP contribution in [0.25, 0.3) is 0 Å². The van der Waals surface area contributed by atoms with E-state index in [0.29, 0.717) is 37.8 Å². The van der Waals surface area contributed by atoms with Crippen LogP contribution in [0, 0.1) is 11.3 Å². The Bertz CT molecular complexity index is 431. The molecular formula is C12H20N6O. The zero-order valence-corrected chi connectivity index (χ0v) is 11.4. The first-order chi connectivity index (χ1) is 9.21. The van der Waals surface area contributed by atoms with Crippen LogP contribution in [0.15, 0.2) is 6.07 Å². The van der Waals surface area contributed by atoms with Gasteiger partial charge in [0.1, 0.15) is 11.6 Å². The Kier molecular flexibility index (Phi) is 6.39. The van der Waals surface area contributed by atoms with Crippen LogP contribution < -0.4 is 16.0 Å². The van der Waals surface area contributed by atoms with E-state index in [4.69, 9.17) is 15.7 Å². The van der Waals surface area contributed by atoms with Gasteiger partial charge in [0.05, 0.1) is 19.1 Å². The van der Waals surface area contributed by atoms with Gasteiger partial charge in [-0.1, -0.05) is 0 Å². The lowest BCUT2D eigenvalue weighted by Crippen LogP contribution is -2.29. The molecule has 1 heterocycles. The van der Waals surface area contributed by atoms with Crippen molar-refractivity contribution in [3.63, 3.8) is 0 Å². The largest absolute Gasteiger partial charge is 0.383 e. The first-order valence-electron chi connectivity index (χ1n) is 6.20. The lowest BCUT2D eigenvalue weighted by molar-refractivity contribution is 0.205. The van der Waals surface area contributed by atoms with Gasteiger partial charge in [-0.15, -0.1) is 0 Å². The lowest BCUT2D eigenvalue weighted by atomic mass is 10.3. The Morgan fingerprint density at radius 2 is 2.26 bits per heavy atom. The molecule has 0 unspecified atom stereocenters. The van der Waals surface area contributed by atoms with E-state index < -0.39 is 0 Å². The van der Waals surface area contributed by atoms with Crippen molar-refractivity contribution >= 4 is 17.6 Å². The first kappa shape index (κ1) is 15.0. The van der Waals surface area contributed by atoms with E-state index >= 15 is 0 Å². The molecule has 0 atom stereocenters. The van der Waals surface area contributed by atoms with Crippen molar-refractivity contribution in [2.75, 3.05) is 49.3 Å². The Labute approximate surface area is 113 Å². The third-order valence-corrected chi connectivity index (χ3v) is 2.47. The van der Waals surface area contributed by atoms with Gasteiger partial charge in [-0.3, -0.25) is 0 Å². The number of nitrogens with zero attached hydrogens (tertiary/aromatic N) is 4. The van der Waals surface area contributed by atoms with Crippen LogP contribution in [-0.4, -0.2) is 43.3 Å². The van der Waals surface area contributed by atoms with E-state index in [1.165, 1.54) is 0 Å². The highest BCUT2D eigenvalue weighted by Gasteiger charge is 2.10. The fraction of sp³-hybridized carbons (Fsp3) is 0.583. The maximum atomic E-state index is 8.70. The van der Waals surface area contributed by atoms with E-state index in [2.05, 4.69) is 21.4 Å². The molecule has 0 aliphatic rings. The number of nitrogens with two attached hydrogens (primary N) is 1. The Hall–Kier alpha value is -2.07. The smallest absolute Gasteiger partial charge is 0.223 e. The van der Waals surface area contributed by atoms with Crippen molar-refractivity contribution in [1.82, 2.24) is 9.97 Å². The number of rotatable bonds is 8. The van der Waals surface area contributed by atoms with Gasteiger partial charge < -0.3 is 20.7 Å². The molecular weight excluding hydrogens is 244 g/mol. The Balaban J connectivity index is 2.89. The topological polar surface area (TPSA) is 100 Å². The summed E-state index contributed by atoms with van der Waals surface area (Å²) in [5, 5.41) is 11.8. The number of ether oxygens (including phenoxy) is 1. The average Bonchev–Trinajstić information content (AvgIpc) is 2.38. The highest BCUT2D eigenvalue weighted by molar-refractivity contribution is 5.52. The molecule has 1 aromatic heterocycles. The molecule has 1 rings (SSSR count). The van der Waals surface area contributed by atoms with Crippen molar-refractivity contribution in [3.05, 3.63) is 6.07 Å². The van der Waals surface area contributed by atoms with Crippen molar-refractivity contribution in [3.8, 4) is 6.07 Å². The van der Waals surface area contributed by atoms with Gasteiger partial charge in [-0.2, -0.15) is 15.2 Å². The van der Waals surface area contributed by atoms with Gasteiger partial charge in [0.15, 0.2) is 0 Å². The maximum Gasteiger partial charge on any atom is 0.223 e. The van der Waals surface area contributed by atoms with Crippen molar-refractivity contribution in [2.24, 2.45) is 0 Å². The summed E-state index contributed by atoms with van der Waals surface area (Å²) in [5.74, 6) is 1.60. The quantitative estimate of drug-likeness (QED) is 0.718. The lowest BCUT2D eigenvalue weighted by Gasteiger charge is -2.22. The molecule has 0 radical (unpaired) electrons. The van der Waals surface area contributed by atoms with Crippen LogP contribution in [0.3, 0.4) is 0 Å². The van der Waals surface area contributed by atoms with Crippen LogP contribution >= 0.6 is 0 Å². The third kappa shape index (κ3) is 4.97. The van der Waals surface area contributed by atoms with Gasteiger partial charge in [-0.25, -0.2) is 0 Å². The molecule has 0 saturated heterocycles. The highest BCUT2D eigenvalue weighted by atomic mass is 16.5. The number of anilines is 3. The van der Waals surface area contributed by atoms with Gasteiger partial charge >= 0.3 is 0 Å². The molecule has 7 nitrogen and oxygen atoms in total. The number of hydrogen-bond donors (Lipinski definition) is 2. The predicted molar refractivity (Wildman–Crippen MR) is 74.9 cm³/mol. The number of nitrogen functional groups attached to an aromatic ring is 1. The minimum atomic E-state index is 0.216. The number of hydrogen-bond acceptors (Lipinski definition) is 7. The first-order valence-corrected chi connectivity index (χ1v) is 6.20. The molecule has 0 saturated carbocycles. The molecule has 0 bridgehead atoms. The standard InChI is InChI=1S/C12H20N6O/c1-3-15-10-9-11(17-12(14)16-10)18(6-4-5-13)7-8-19-2/h9H,3-4,6-8H2,1-2H3,(H3,14,15,16,17). The monoisotopic (exact) mass is 264 g/mol. The molecule has 1 aromatic rings. The van der Waals surface area contributed by atoms with Crippen LogP contribution in [-0.2, 0) is 4.74 Å². The fourth-order valence-corrected chi connectivity index (χ4v) is 1.61. The highest BCUT2D eigenvalue weighted by Crippen LogP contribution is 2.17. The van der Waals surface area contributed by atoms with Gasteiger partial charge in [0, 0.05) is 32.8 Å². The second-order valence-electron chi connectivity index (χ2n) is 3.89. The molecule has 3 N–H and O–H groups in total. The summed E-state index contributed by atoms with van der Waals surface area (Å²) in [6, 6.07) is 3.95. The molecule has 0 aromatic carbocycles. The average molecular weight is 264 g/mol. The van der Waals surface area contributed by atoms with Gasteiger partial charge in [0.2, 0.25) is 5.95 Å². The molecule has 7 heteroatoms. The van der Waals surface area contributed by atoms with Crippen LogP contribution in [0.2, 0.25) is 0 Å². The molecule has 0 spiro atoms. The minimum absolute atomic E-state index is 0.216. The molecule has 0 amide bonds.